The molecule has 1 heterocycles. The van der Waals surface area contributed by atoms with Gasteiger partial charge in [0.05, 0.1) is 6.20 Å². The molecule has 15 heavy (non-hydrogen) atoms. The highest BCUT2D eigenvalue weighted by atomic mass is 35.5. The molecule has 0 spiro atoms. The summed E-state index contributed by atoms with van der Waals surface area (Å²) in [5.41, 5.74) is 0. The standard InChI is InChI=1S/C10H15ClN4/c1-2-12-10-14-6-8(11)9(15-10)13-5-7-3-4-7/h6-7H,2-5H2,1H3,(H2,12,13,14,15). The molecule has 5 heteroatoms. The first-order valence-electron chi connectivity index (χ1n) is 5.30. The first kappa shape index (κ1) is 10.5. The summed E-state index contributed by atoms with van der Waals surface area (Å²) >= 11 is 5.98. The summed E-state index contributed by atoms with van der Waals surface area (Å²) in [5.74, 6) is 2.16. The smallest absolute Gasteiger partial charge is 0.224 e. The number of hydrogen-bond acceptors (Lipinski definition) is 4. The molecule has 0 amide bonds. The topological polar surface area (TPSA) is 49.8 Å². The molecule has 82 valence electrons. The Morgan fingerprint density at radius 1 is 1.47 bits per heavy atom. The minimum atomic E-state index is 0.581. The summed E-state index contributed by atoms with van der Waals surface area (Å²) in [5, 5.41) is 6.89. The van der Waals surface area contributed by atoms with E-state index in [0.29, 0.717) is 11.0 Å². The molecule has 4 nitrogen and oxygen atoms in total. The molecule has 0 bridgehead atoms. The van der Waals surface area contributed by atoms with Crippen LogP contribution in [0.1, 0.15) is 19.8 Å². The molecule has 2 rings (SSSR count). The van der Waals surface area contributed by atoms with Gasteiger partial charge in [-0.15, -0.1) is 0 Å². The monoisotopic (exact) mass is 226 g/mol. The van der Waals surface area contributed by atoms with Crippen LogP contribution in [0.3, 0.4) is 0 Å². The van der Waals surface area contributed by atoms with Crippen LogP contribution >= 0.6 is 11.6 Å². The van der Waals surface area contributed by atoms with Gasteiger partial charge in [-0.3, -0.25) is 0 Å². The highest BCUT2D eigenvalue weighted by molar-refractivity contribution is 6.32. The van der Waals surface area contributed by atoms with Gasteiger partial charge < -0.3 is 10.6 Å². The molecule has 1 saturated carbocycles. The molecule has 1 fully saturated rings. The van der Waals surface area contributed by atoms with E-state index in [1.807, 2.05) is 6.92 Å². The zero-order valence-electron chi connectivity index (χ0n) is 8.76. The number of anilines is 2. The molecular weight excluding hydrogens is 212 g/mol. The summed E-state index contributed by atoms with van der Waals surface area (Å²) in [6.07, 6.45) is 4.26. The van der Waals surface area contributed by atoms with Gasteiger partial charge in [0.15, 0.2) is 0 Å². The maximum atomic E-state index is 5.98. The van der Waals surface area contributed by atoms with E-state index in [4.69, 9.17) is 11.6 Å². The van der Waals surface area contributed by atoms with E-state index in [0.717, 1.165) is 24.8 Å². The fraction of sp³-hybridized carbons (Fsp3) is 0.600. The van der Waals surface area contributed by atoms with Crippen LogP contribution in [-0.4, -0.2) is 23.1 Å². The summed E-state index contributed by atoms with van der Waals surface area (Å²) in [7, 11) is 0. The van der Waals surface area contributed by atoms with E-state index in [2.05, 4.69) is 20.6 Å². The fourth-order valence-corrected chi connectivity index (χ4v) is 1.46. The molecule has 2 N–H and O–H groups in total. The van der Waals surface area contributed by atoms with Gasteiger partial charge in [-0.1, -0.05) is 11.6 Å². The van der Waals surface area contributed by atoms with E-state index in [1.54, 1.807) is 6.20 Å². The van der Waals surface area contributed by atoms with Gasteiger partial charge in [0, 0.05) is 13.1 Å². The second kappa shape index (κ2) is 4.66. The lowest BCUT2D eigenvalue weighted by molar-refractivity contribution is 0.881. The summed E-state index contributed by atoms with van der Waals surface area (Å²) in [6, 6.07) is 0. The van der Waals surface area contributed by atoms with E-state index in [9.17, 15) is 0 Å². The van der Waals surface area contributed by atoms with Crippen molar-refractivity contribution in [3.05, 3.63) is 11.2 Å². The van der Waals surface area contributed by atoms with Crippen LogP contribution in [0.15, 0.2) is 6.20 Å². The van der Waals surface area contributed by atoms with Gasteiger partial charge in [0.2, 0.25) is 5.95 Å². The lowest BCUT2D eigenvalue weighted by Gasteiger charge is -2.08. The number of halogens is 1. The predicted molar refractivity (Wildman–Crippen MR) is 62.4 cm³/mol. The third kappa shape index (κ3) is 2.96. The molecule has 1 aromatic heterocycles. The van der Waals surface area contributed by atoms with Gasteiger partial charge in [-0.05, 0) is 25.7 Å². The van der Waals surface area contributed by atoms with Crippen molar-refractivity contribution in [2.24, 2.45) is 5.92 Å². The first-order chi connectivity index (χ1) is 7.29. The Kier molecular flexibility index (Phi) is 3.26. The predicted octanol–water partition coefficient (Wildman–Crippen LogP) is 2.38. The number of rotatable bonds is 5. The SMILES string of the molecule is CCNc1ncc(Cl)c(NCC2CC2)n1. The maximum absolute atomic E-state index is 5.98. The number of hydrogen-bond donors (Lipinski definition) is 2. The van der Waals surface area contributed by atoms with Crippen molar-refractivity contribution < 1.29 is 0 Å². The molecule has 1 aromatic rings. The summed E-state index contributed by atoms with van der Waals surface area (Å²) < 4.78 is 0. The summed E-state index contributed by atoms with van der Waals surface area (Å²) in [6.45, 7) is 3.78. The van der Waals surface area contributed by atoms with Crippen molar-refractivity contribution >= 4 is 23.4 Å². The third-order valence-corrected chi connectivity index (χ3v) is 2.61. The quantitative estimate of drug-likeness (QED) is 0.810. The summed E-state index contributed by atoms with van der Waals surface area (Å²) in [4.78, 5) is 8.37. The number of aromatic nitrogens is 2. The Balaban J connectivity index is 2.01. The Morgan fingerprint density at radius 3 is 2.93 bits per heavy atom. The minimum absolute atomic E-state index is 0.581. The Labute approximate surface area is 94.5 Å². The van der Waals surface area contributed by atoms with E-state index in [-0.39, 0.29) is 0 Å². The van der Waals surface area contributed by atoms with Crippen LogP contribution in [0, 0.1) is 5.92 Å². The largest absolute Gasteiger partial charge is 0.368 e. The normalized spacial score (nSPS) is 15.1. The molecule has 1 aliphatic carbocycles. The van der Waals surface area contributed by atoms with Gasteiger partial charge in [0.1, 0.15) is 10.8 Å². The lowest BCUT2D eigenvalue weighted by Crippen LogP contribution is -2.08. The van der Waals surface area contributed by atoms with E-state index >= 15 is 0 Å². The van der Waals surface area contributed by atoms with Crippen LogP contribution < -0.4 is 10.6 Å². The average Bonchev–Trinajstić information content (AvgIpc) is 3.03. The Morgan fingerprint density at radius 2 is 2.27 bits per heavy atom. The molecule has 0 atom stereocenters. The lowest BCUT2D eigenvalue weighted by atomic mass is 10.4. The van der Waals surface area contributed by atoms with Crippen LogP contribution in [0.25, 0.3) is 0 Å². The zero-order chi connectivity index (χ0) is 10.7. The van der Waals surface area contributed by atoms with Gasteiger partial charge in [-0.2, -0.15) is 4.98 Å². The van der Waals surface area contributed by atoms with Crippen molar-refractivity contribution in [3.8, 4) is 0 Å². The van der Waals surface area contributed by atoms with Crippen LogP contribution in [-0.2, 0) is 0 Å². The Bertz CT molecular complexity index is 338. The van der Waals surface area contributed by atoms with Crippen molar-refractivity contribution in [3.63, 3.8) is 0 Å². The fourth-order valence-electron chi connectivity index (χ4n) is 1.30. The molecule has 0 radical (unpaired) electrons. The van der Waals surface area contributed by atoms with Crippen LogP contribution in [0.5, 0.6) is 0 Å². The first-order valence-corrected chi connectivity index (χ1v) is 5.67. The highest BCUT2D eigenvalue weighted by Crippen LogP contribution is 2.29. The second-order valence-electron chi connectivity index (χ2n) is 3.74. The third-order valence-electron chi connectivity index (χ3n) is 2.33. The van der Waals surface area contributed by atoms with Gasteiger partial charge in [0.25, 0.3) is 0 Å². The average molecular weight is 227 g/mol. The molecule has 0 saturated heterocycles. The Hall–Kier alpha value is -1.03. The molecule has 1 aliphatic rings. The van der Waals surface area contributed by atoms with Crippen molar-refractivity contribution in [2.75, 3.05) is 23.7 Å². The zero-order valence-corrected chi connectivity index (χ0v) is 9.51. The van der Waals surface area contributed by atoms with Gasteiger partial charge >= 0.3 is 0 Å². The highest BCUT2D eigenvalue weighted by Gasteiger charge is 2.21. The maximum Gasteiger partial charge on any atom is 0.224 e. The van der Waals surface area contributed by atoms with Crippen LogP contribution in [0.2, 0.25) is 5.02 Å². The minimum Gasteiger partial charge on any atom is -0.368 e. The molecule has 0 aromatic carbocycles. The second-order valence-corrected chi connectivity index (χ2v) is 4.15. The van der Waals surface area contributed by atoms with Crippen molar-refractivity contribution in [2.45, 2.75) is 19.8 Å². The molecule has 0 aliphatic heterocycles. The van der Waals surface area contributed by atoms with Gasteiger partial charge in [-0.25, -0.2) is 4.98 Å². The van der Waals surface area contributed by atoms with Crippen molar-refractivity contribution in [1.29, 1.82) is 0 Å². The van der Waals surface area contributed by atoms with Crippen molar-refractivity contribution in [1.82, 2.24) is 9.97 Å². The number of nitrogens with one attached hydrogen (secondary N) is 2. The van der Waals surface area contributed by atoms with Crippen LogP contribution in [0.4, 0.5) is 11.8 Å². The van der Waals surface area contributed by atoms with E-state index in [1.165, 1.54) is 12.8 Å². The van der Waals surface area contributed by atoms with E-state index < -0.39 is 0 Å². The molecule has 0 unspecified atom stereocenters. The number of nitrogens with zero attached hydrogens (tertiary/aromatic N) is 2. The molecular formula is C10H15ClN4.